The minimum Gasteiger partial charge on any atom is -0.379 e. The van der Waals surface area contributed by atoms with Gasteiger partial charge in [-0.05, 0) is 33.6 Å². The number of likely N-dealkylation sites (N-methyl/N-ethyl adjacent to an activating group) is 1. The zero-order valence-electron chi connectivity index (χ0n) is 14.2. The van der Waals surface area contributed by atoms with Crippen LogP contribution in [0.2, 0.25) is 0 Å². The van der Waals surface area contributed by atoms with Gasteiger partial charge in [-0.2, -0.15) is 0 Å². The van der Waals surface area contributed by atoms with E-state index in [0.29, 0.717) is 24.6 Å². The van der Waals surface area contributed by atoms with Crippen LogP contribution < -0.4 is 16.2 Å². The van der Waals surface area contributed by atoms with Crippen molar-refractivity contribution in [3.63, 3.8) is 0 Å². The van der Waals surface area contributed by atoms with E-state index in [-0.39, 0.29) is 18.0 Å². The number of amides is 1. The predicted molar refractivity (Wildman–Crippen MR) is 89.3 cm³/mol. The van der Waals surface area contributed by atoms with Crippen LogP contribution in [0.15, 0.2) is 4.79 Å². The first-order chi connectivity index (χ1) is 10.5. The Hall–Kier alpha value is -1.85. The highest BCUT2D eigenvalue weighted by Crippen LogP contribution is 2.13. The number of hydrogen-bond acceptors (Lipinski definition) is 4. The topological polar surface area (TPSA) is 76.0 Å². The van der Waals surface area contributed by atoms with Crippen LogP contribution in [0.5, 0.6) is 0 Å². The van der Waals surface area contributed by atoms with Gasteiger partial charge in [0.1, 0.15) is 18.1 Å². The number of unbranched alkanes of at least 4 members (excludes halogenated alkanes) is 2. The van der Waals surface area contributed by atoms with Crippen LogP contribution in [0.4, 0.5) is 5.69 Å². The van der Waals surface area contributed by atoms with Gasteiger partial charge < -0.3 is 10.6 Å². The lowest BCUT2D eigenvalue weighted by atomic mass is 10.1. The summed E-state index contributed by atoms with van der Waals surface area (Å²) in [6.45, 7) is 8.94. The van der Waals surface area contributed by atoms with Gasteiger partial charge in [0.25, 0.3) is 5.56 Å². The molecule has 0 aliphatic rings. The van der Waals surface area contributed by atoms with E-state index in [1.165, 1.54) is 4.57 Å². The molecule has 0 bridgehead atoms. The Morgan fingerprint density at radius 1 is 1.18 bits per heavy atom. The van der Waals surface area contributed by atoms with Crippen molar-refractivity contribution in [1.29, 1.82) is 0 Å². The van der Waals surface area contributed by atoms with E-state index in [0.717, 1.165) is 31.4 Å². The number of aryl methyl sites for hydroxylation is 2. The maximum absolute atomic E-state index is 12.7. The number of carbonyl (C=O) groups excluding carboxylic acids is 1. The Kier molecular flexibility index (Phi) is 7.63. The molecule has 0 fully saturated rings. The summed E-state index contributed by atoms with van der Waals surface area (Å²) in [7, 11) is 0. The lowest BCUT2D eigenvalue weighted by Crippen LogP contribution is -2.35. The van der Waals surface area contributed by atoms with E-state index in [1.807, 2.05) is 13.8 Å². The number of carbonyl (C=O) groups is 1. The van der Waals surface area contributed by atoms with Crippen LogP contribution >= 0.6 is 0 Å². The lowest BCUT2D eigenvalue weighted by Gasteiger charge is -2.15. The zero-order valence-corrected chi connectivity index (χ0v) is 14.2. The number of anilines is 1. The number of nitrogens with zero attached hydrogens (tertiary/aromatic N) is 2. The quantitative estimate of drug-likeness (QED) is 0.683. The normalized spacial score (nSPS) is 10.5. The molecule has 0 atom stereocenters. The van der Waals surface area contributed by atoms with Crippen molar-refractivity contribution in [3.05, 3.63) is 21.9 Å². The molecule has 0 radical (unpaired) electrons. The largest absolute Gasteiger partial charge is 0.379 e. The fraction of sp³-hybridized carbons (Fsp3) is 0.688. The Bertz CT molecular complexity index is 552. The summed E-state index contributed by atoms with van der Waals surface area (Å²) >= 11 is 0. The summed E-state index contributed by atoms with van der Waals surface area (Å²) in [4.78, 5) is 29.0. The van der Waals surface area contributed by atoms with E-state index in [2.05, 4.69) is 22.5 Å². The predicted octanol–water partition coefficient (Wildman–Crippen LogP) is 1.85. The Balaban J connectivity index is 3.12. The van der Waals surface area contributed by atoms with E-state index in [4.69, 9.17) is 0 Å². The second kappa shape index (κ2) is 9.23. The number of nitrogens with one attached hydrogen (secondary N) is 2. The first-order valence-corrected chi connectivity index (χ1v) is 8.15. The van der Waals surface area contributed by atoms with Gasteiger partial charge in [-0.15, -0.1) is 0 Å². The molecule has 0 aromatic carbocycles. The van der Waals surface area contributed by atoms with Crippen molar-refractivity contribution < 1.29 is 4.79 Å². The second-order valence-corrected chi connectivity index (χ2v) is 5.31. The van der Waals surface area contributed by atoms with Crippen molar-refractivity contribution in [3.8, 4) is 0 Å². The number of aromatic nitrogens is 2. The summed E-state index contributed by atoms with van der Waals surface area (Å²) in [5.74, 6) is 0.417. The van der Waals surface area contributed by atoms with Crippen molar-refractivity contribution in [2.75, 3.05) is 18.4 Å². The summed E-state index contributed by atoms with van der Waals surface area (Å²) < 4.78 is 1.44. The Labute approximate surface area is 132 Å². The van der Waals surface area contributed by atoms with Gasteiger partial charge in [-0.3, -0.25) is 14.2 Å². The first kappa shape index (κ1) is 18.2. The van der Waals surface area contributed by atoms with Crippen LogP contribution in [-0.2, 0) is 17.8 Å². The van der Waals surface area contributed by atoms with Crippen LogP contribution in [0, 0.1) is 6.92 Å². The molecular weight excluding hydrogens is 280 g/mol. The molecule has 0 aliphatic heterocycles. The molecule has 1 amide bonds. The van der Waals surface area contributed by atoms with Crippen molar-refractivity contribution in [2.24, 2.45) is 0 Å². The second-order valence-electron chi connectivity index (χ2n) is 5.31. The van der Waals surface area contributed by atoms with Crippen molar-refractivity contribution in [2.45, 2.75) is 59.9 Å². The SMILES string of the molecule is CCCCCc1nc(C)n(CC(=O)NCC)c(=O)c1NCC. The van der Waals surface area contributed by atoms with Gasteiger partial charge in [0.2, 0.25) is 5.91 Å². The molecule has 6 heteroatoms. The molecule has 0 spiro atoms. The third kappa shape index (κ3) is 4.86. The van der Waals surface area contributed by atoms with E-state index in [1.54, 1.807) is 6.92 Å². The Morgan fingerprint density at radius 2 is 1.91 bits per heavy atom. The molecule has 0 saturated heterocycles. The highest BCUT2D eigenvalue weighted by atomic mass is 16.2. The smallest absolute Gasteiger partial charge is 0.277 e. The highest BCUT2D eigenvalue weighted by Gasteiger charge is 2.15. The van der Waals surface area contributed by atoms with Crippen LogP contribution in [0.25, 0.3) is 0 Å². The van der Waals surface area contributed by atoms with Gasteiger partial charge in [0, 0.05) is 13.1 Å². The molecule has 22 heavy (non-hydrogen) atoms. The van der Waals surface area contributed by atoms with Crippen molar-refractivity contribution in [1.82, 2.24) is 14.9 Å². The number of hydrogen-bond donors (Lipinski definition) is 2. The van der Waals surface area contributed by atoms with Crippen LogP contribution in [0.3, 0.4) is 0 Å². The van der Waals surface area contributed by atoms with Gasteiger partial charge in [-0.25, -0.2) is 4.98 Å². The summed E-state index contributed by atoms with van der Waals surface area (Å²) in [5, 5.41) is 5.83. The maximum Gasteiger partial charge on any atom is 0.277 e. The van der Waals surface area contributed by atoms with Crippen LogP contribution in [0.1, 0.15) is 51.6 Å². The van der Waals surface area contributed by atoms with Gasteiger partial charge in [-0.1, -0.05) is 19.8 Å². The third-order valence-electron chi connectivity index (χ3n) is 3.48. The molecule has 2 N–H and O–H groups in total. The minimum absolute atomic E-state index is 0.0130. The highest BCUT2D eigenvalue weighted by molar-refractivity contribution is 5.75. The molecule has 1 rings (SSSR count). The molecular formula is C16H28N4O2. The first-order valence-electron chi connectivity index (χ1n) is 8.15. The average molecular weight is 308 g/mol. The fourth-order valence-corrected chi connectivity index (χ4v) is 2.38. The fourth-order valence-electron chi connectivity index (χ4n) is 2.38. The molecule has 0 saturated carbocycles. The molecule has 6 nitrogen and oxygen atoms in total. The number of rotatable bonds is 9. The zero-order chi connectivity index (χ0) is 16.5. The standard InChI is InChI=1S/C16H28N4O2/c1-5-8-9-10-13-15(18-7-3)16(22)20(12(4)19-13)11-14(21)17-6-2/h18H,5-11H2,1-4H3,(H,17,21). The van der Waals surface area contributed by atoms with Crippen LogP contribution in [-0.4, -0.2) is 28.5 Å². The van der Waals surface area contributed by atoms with Gasteiger partial charge >= 0.3 is 0 Å². The Morgan fingerprint density at radius 3 is 2.50 bits per heavy atom. The lowest BCUT2D eigenvalue weighted by molar-refractivity contribution is -0.121. The molecule has 124 valence electrons. The maximum atomic E-state index is 12.7. The van der Waals surface area contributed by atoms with E-state index < -0.39 is 0 Å². The average Bonchev–Trinajstić information content (AvgIpc) is 2.48. The minimum atomic E-state index is -0.171. The monoisotopic (exact) mass is 308 g/mol. The molecule has 1 aromatic rings. The van der Waals surface area contributed by atoms with Gasteiger partial charge in [0.05, 0.1) is 5.69 Å². The van der Waals surface area contributed by atoms with Gasteiger partial charge in [0.15, 0.2) is 0 Å². The molecule has 1 aromatic heterocycles. The van der Waals surface area contributed by atoms with E-state index >= 15 is 0 Å². The summed E-state index contributed by atoms with van der Waals surface area (Å²) in [5.41, 5.74) is 1.19. The summed E-state index contributed by atoms with van der Waals surface area (Å²) in [6, 6.07) is 0. The van der Waals surface area contributed by atoms with Crippen molar-refractivity contribution >= 4 is 11.6 Å². The molecule has 1 heterocycles. The molecule has 0 aliphatic carbocycles. The molecule has 0 unspecified atom stereocenters. The summed E-state index contributed by atoms with van der Waals surface area (Å²) in [6.07, 6.45) is 4.05. The third-order valence-corrected chi connectivity index (χ3v) is 3.48. The van der Waals surface area contributed by atoms with E-state index in [9.17, 15) is 9.59 Å².